The Bertz CT molecular complexity index is 300. The van der Waals surface area contributed by atoms with E-state index in [0.717, 1.165) is 26.2 Å². The van der Waals surface area contributed by atoms with Crippen molar-refractivity contribution in [3.63, 3.8) is 0 Å². The minimum Gasteiger partial charge on any atom is -0.382 e. The average molecular weight is 241 g/mol. The van der Waals surface area contributed by atoms with Crippen LogP contribution in [0.5, 0.6) is 0 Å². The van der Waals surface area contributed by atoms with Crippen LogP contribution < -0.4 is 5.73 Å². The van der Waals surface area contributed by atoms with Gasteiger partial charge in [0.1, 0.15) is 5.82 Å². The minimum absolute atomic E-state index is 0.563. The van der Waals surface area contributed by atoms with Crippen LogP contribution in [0.4, 0.5) is 5.82 Å². The molecule has 0 aliphatic rings. The van der Waals surface area contributed by atoms with Gasteiger partial charge in [0.2, 0.25) is 0 Å². The van der Waals surface area contributed by atoms with Crippen molar-refractivity contribution < 1.29 is 9.47 Å². The first-order chi connectivity index (χ1) is 8.18. The van der Waals surface area contributed by atoms with Crippen molar-refractivity contribution in [2.75, 3.05) is 32.2 Å². The van der Waals surface area contributed by atoms with Gasteiger partial charge >= 0.3 is 0 Å². The number of nitrogen functional groups attached to an aromatic ring is 1. The number of nitrogens with two attached hydrogens (primary N) is 1. The van der Waals surface area contributed by atoms with Crippen molar-refractivity contribution in [2.45, 2.75) is 26.8 Å². The highest BCUT2D eigenvalue weighted by atomic mass is 16.5. The summed E-state index contributed by atoms with van der Waals surface area (Å²) in [6.07, 6.45) is 2.81. The largest absolute Gasteiger partial charge is 0.382 e. The fourth-order valence-corrected chi connectivity index (χ4v) is 1.37. The molecule has 1 rings (SSSR count). The molecule has 5 heteroatoms. The molecular weight excluding hydrogens is 218 g/mol. The van der Waals surface area contributed by atoms with E-state index in [4.69, 9.17) is 15.2 Å². The Hall–Kier alpha value is -1.07. The van der Waals surface area contributed by atoms with Crippen LogP contribution in [0.15, 0.2) is 12.3 Å². The molecular formula is C12H23N3O2. The summed E-state index contributed by atoms with van der Waals surface area (Å²) in [7, 11) is 0. The smallest absolute Gasteiger partial charge is 0.145 e. The zero-order chi connectivity index (χ0) is 12.5. The molecule has 1 aromatic heterocycles. The predicted octanol–water partition coefficient (Wildman–Crippen LogP) is 1.54. The number of anilines is 1. The van der Waals surface area contributed by atoms with Gasteiger partial charge in [0.05, 0.1) is 13.2 Å². The molecule has 0 bridgehead atoms. The van der Waals surface area contributed by atoms with Crippen molar-refractivity contribution in [1.29, 1.82) is 0 Å². The van der Waals surface area contributed by atoms with Gasteiger partial charge < -0.3 is 15.2 Å². The summed E-state index contributed by atoms with van der Waals surface area (Å²) in [5, 5.41) is 4.09. The van der Waals surface area contributed by atoms with Crippen molar-refractivity contribution in [3.8, 4) is 0 Å². The topological polar surface area (TPSA) is 62.3 Å². The number of hydrogen-bond acceptors (Lipinski definition) is 4. The summed E-state index contributed by atoms with van der Waals surface area (Å²) in [4.78, 5) is 0. The molecule has 0 aliphatic carbocycles. The van der Waals surface area contributed by atoms with Crippen molar-refractivity contribution in [3.05, 3.63) is 12.3 Å². The fourth-order valence-electron chi connectivity index (χ4n) is 1.37. The predicted molar refractivity (Wildman–Crippen MR) is 67.7 cm³/mol. The minimum atomic E-state index is 0.563. The molecule has 0 radical (unpaired) electrons. The maximum atomic E-state index is 5.51. The van der Waals surface area contributed by atoms with Gasteiger partial charge in [-0.1, -0.05) is 13.8 Å². The summed E-state index contributed by atoms with van der Waals surface area (Å²) in [5.41, 5.74) is 5.51. The Labute approximate surface area is 103 Å². The molecule has 0 aromatic carbocycles. The second-order valence-electron chi connectivity index (χ2n) is 4.44. The van der Waals surface area contributed by atoms with Crippen LogP contribution >= 0.6 is 0 Å². The number of rotatable bonds is 9. The third-order valence-electron chi connectivity index (χ3n) is 2.16. The van der Waals surface area contributed by atoms with E-state index >= 15 is 0 Å². The third-order valence-corrected chi connectivity index (χ3v) is 2.16. The first-order valence-electron chi connectivity index (χ1n) is 6.13. The summed E-state index contributed by atoms with van der Waals surface area (Å²) in [6, 6.07) is 1.79. The van der Waals surface area contributed by atoms with Crippen LogP contribution in [-0.4, -0.2) is 36.2 Å². The van der Waals surface area contributed by atoms with E-state index < -0.39 is 0 Å². The number of ether oxygens (including phenoxy) is 2. The van der Waals surface area contributed by atoms with Crippen LogP contribution in [0, 0.1) is 5.92 Å². The van der Waals surface area contributed by atoms with Gasteiger partial charge in [0.15, 0.2) is 0 Å². The molecule has 2 N–H and O–H groups in total. The second-order valence-corrected chi connectivity index (χ2v) is 4.44. The van der Waals surface area contributed by atoms with Crippen LogP contribution in [0.25, 0.3) is 0 Å². The fraction of sp³-hybridized carbons (Fsp3) is 0.750. The lowest BCUT2D eigenvalue weighted by Gasteiger charge is -2.07. The lowest BCUT2D eigenvalue weighted by Crippen LogP contribution is -2.10. The molecule has 0 unspecified atom stereocenters. The van der Waals surface area contributed by atoms with E-state index in [9.17, 15) is 0 Å². The van der Waals surface area contributed by atoms with Crippen molar-refractivity contribution in [2.24, 2.45) is 5.92 Å². The van der Waals surface area contributed by atoms with Gasteiger partial charge in [0, 0.05) is 26.0 Å². The molecule has 0 aliphatic heterocycles. The highest BCUT2D eigenvalue weighted by molar-refractivity contribution is 5.23. The monoisotopic (exact) mass is 241 g/mol. The van der Waals surface area contributed by atoms with Gasteiger partial charge in [-0.25, -0.2) is 0 Å². The van der Waals surface area contributed by atoms with E-state index in [2.05, 4.69) is 18.9 Å². The lowest BCUT2D eigenvalue weighted by molar-refractivity contribution is 0.0360. The molecule has 0 saturated heterocycles. The molecule has 0 amide bonds. The molecule has 0 saturated carbocycles. The SMILES string of the molecule is CC(C)COCCOCCCn1ccc(N)n1. The Balaban J connectivity index is 1.88. The molecule has 0 fully saturated rings. The summed E-state index contributed by atoms with van der Waals surface area (Å²) < 4.78 is 12.7. The number of nitrogens with zero attached hydrogens (tertiary/aromatic N) is 2. The second kappa shape index (κ2) is 8.08. The molecule has 1 heterocycles. The zero-order valence-corrected chi connectivity index (χ0v) is 10.8. The van der Waals surface area contributed by atoms with Gasteiger partial charge in [-0.2, -0.15) is 5.10 Å². The summed E-state index contributed by atoms with van der Waals surface area (Å²) in [6.45, 7) is 7.97. The average Bonchev–Trinajstić information content (AvgIpc) is 2.68. The number of aromatic nitrogens is 2. The van der Waals surface area contributed by atoms with E-state index in [1.807, 2.05) is 10.9 Å². The van der Waals surface area contributed by atoms with E-state index in [0.29, 0.717) is 24.9 Å². The quantitative estimate of drug-likeness (QED) is 0.666. The van der Waals surface area contributed by atoms with Crippen LogP contribution in [0.2, 0.25) is 0 Å². The van der Waals surface area contributed by atoms with Crippen LogP contribution in [-0.2, 0) is 16.0 Å². The molecule has 98 valence electrons. The van der Waals surface area contributed by atoms with Crippen molar-refractivity contribution in [1.82, 2.24) is 9.78 Å². The Morgan fingerprint density at radius 2 is 2.06 bits per heavy atom. The maximum Gasteiger partial charge on any atom is 0.145 e. The van der Waals surface area contributed by atoms with E-state index in [1.54, 1.807) is 6.07 Å². The van der Waals surface area contributed by atoms with Gasteiger partial charge in [-0.3, -0.25) is 4.68 Å². The van der Waals surface area contributed by atoms with Gasteiger partial charge in [-0.15, -0.1) is 0 Å². The molecule has 0 atom stereocenters. The Morgan fingerprint density at radius 1 is 1.29 bits per heavy atom. The van der Waals surface area contributed by atoms with Crippen LogP contribution in [0.1, 0.15) is 20.3 Å². The summed E-state index contributed by atoms with van der Waals surface area (Å²) in [5.74, 6) is 1.15. The third kappa shape index (κ3) is 6.97. The first-order valence-corrected chi connectivity index (χ1v) is 6.13. The molecule has 1 aromatic rings. The lowest BCUT2D eigenvalue weighted by atomic mass is 10.2. The zero-order valence-electron chi connectivity index (χ0n) is 10.8. The van der Waals surface area contributed by atoms with Crippen LogP contribution in [0.3, 0.4) is 0 Å². The van der Waals surface area contributed by atoms with Gasteiger partial charge in [0.25, 0.3) is 0 Å². The maximum absolute atomic E-state index is 5.51. The highest BCUT2D eigenvalue weighted by Gasteiger charge is 1.96. The van der Waals surface area contributed by atoms with E-state index in [1.165, 1.54) is 0 Å². The number of aryl methyl sites for hydroxylation is 1. The highest BCUT2D eigenvalue weighted by Crippen LogP contribution is 1.97. The first kappa shape index (κ1) is 14.0. The van der Waals surface area contributed by atoms with E-state index in [-0.39, 0.29) is 0 Å². The standard InChI is InChI=1S/C12H23N3O2/c1-11(2)10-17-9-8-16-7-3-5-15-6-4-12(13)14-15/h4,6,11H,3,5,7-10H2,1-2H3,(H2,13,14). The molecule has 17 heavy (non-hydrogen) atoms. The van der Waals surface area contributed by atoms with Gasteiger partial charge in [-0.05, 0) is 18.4 Å². The Kier molecular flexibility index (Phi) is 6.65. The summed E-state index contributed by atoms with van der Waals surface area (Å²) >= 11 is 0. The molecule has 0 spiro atoms. The molecule has 5 nitrogen and oxygen atoms in total. The normalized spacial score (nSPS) is 11.2. The Morgan fingerprint density at radius 3 is 2.71 bits per heavy atom. The number of hydrogen-bond donors (Lipinski definition) is 1. The van der Waals surface area contributed by atoms with Crippen molar-refractivity contribution >= 4 is 5.82 Å².